The van der Waals surface area contributed by atoms with Crippen molar-refractivity contribution in [3.63, 3.8) is 0 Å². The maximum Gasteiger partial charge on any atom is 0.342 e. The van der Waals surface area contributed by atoms with Gasteiger partial charge in [0.2, 0.25) is 0 Å². The van der Waals surface area contributed by atoms with Crippen molar-refractivity contribution in [1.82, 2.24) is 0 Å². The lowest BCUT2D eigenvalue weighted by molar-refractivity contribution is 0.371. The highest BCUT2D eigenvalue weighted by Crippen LogP contribution is 2.39. The van der Waals surface area contributed by atoms with E-state index in [2.05, 4.69) is 6.92 Å². The number of rotatable bonds is 1. The minimum Gasteiger partial charge on any atom is -0.324 e. The quantitative estimate of drug-likeness (QED) is 0.490. The number of hydrogen-bond donors (Lipinski definition) is 2. The van der Waals surface area contributed by atoms with Crippen LogP contribution in [0.15, 0.2) is 0 Å². The number of nitriles is 1. The van der Waals surface area contributed by atoms with Gasteiger partial charge < -0.3 is 9.79 Å². The molecule has 0 spiro atoms. The summed E-state index contributed by atoms with van der Waals surface area (Å²) >= 11 is 0. The molecule has 0 heterocycles. The molecule has 0 aliphatic carbocycles. The second-order valence-corrected chi connectivity index (χ2v) is 3.04. The van der Waals surface area contributed by atoms with E-state index in [0.717, 1.165) is 0 Å². The van der Waals surface area contributed by atoms with Crippen molar-refractivity contribution < 1.29 is 14.4 Å². The van der Waals surface area contributed by atoms with Crippen molar-refractivity contribution in [2.45, 2.75) is 5.66 Å². The van der Waals surface area contributed by atoms with Crippen LogP contribution in [0, 0.1) is 18.3 Å². The van der Waals surface area contributed by atoms with E-state index in [1.807, 2.05) is 0 Å². The van der Waals surface area contributed by atoms with E-state index >= 15 is 0 Å². The lowest BCUT2D eigenvalue weighted by Crippen LogP contribution is -1.97. The molecule has 0 aromatic rings. The Bertz CT molecular complexity index is 154. The topological polar surface area (TPSA) is 81.3 Å². The smallest absolute Gasteiger partial charge is 0.324 e. The largest absolute Gasteiger partial charge is 0.342 e. The Balaban J connectivity index is 4.09. The van der Waals surface area contributed by atoms with Crippen LogP contribution in [0.5, 0.6) is 0 Å². The standard InChI is InChI=1S/C3H5NO3P/c1-3(2-4)8(5,6)7/h3H,1H2,(H2,5,6,7). The van der Waals surface area contributed by atoms with E-state index in [1.54, 1.807) is 0 Å². The van der Waals surface area contributed by atoms with Crippen LogP contribution in [0.2, 0.25) is 0 Å². The van der Waals surface area contributed by atoms with Gasteiger partial charge in [0.05, 0.1) is 6.07 Å². The zero-order chi connectivity index (χ0) is 6.78. The van der Waals surface area contributed by atoms with Crippen LogP contribution in [0.3, 0.4) is 0 Å². The molecule has 0 bridgehead atoms. The van der Waals surface area contributed by atoms with Gasteiger partial charge in [-0.25, -0.2) is 0 Å². The van der Waals surface area contributed by atoms with Crippen LogP contribution in [-0.4, -0.2) is 15.4 Å². The molecular weight excluding hydrogens is 129 g/mol. The molecule has 2 N–H and O–H groups in total. The first-order valence-electron chi connectivity index (χ1n) is 1.76. The second-order valence-electron chi connectivity index (χ2n) is 1.23. The summed E-state index contributed by atoms with van der Waals surface area (Å²) in [6.45, 7) is 2.90. The number of hydrogen-bond acceptors (Lipinski definition) is 2. The third kappa shape index (κ3) is 2.08. The Hall–Kier alpha value is -0.360. The number of nitrogens with zero attached hydrogens (tertiary/aromatic N) is 1. The minimum atomic E-state index is -4.23. The predicted molar refractivity (Wildman–Crippen MR) is 26.8 cm³/mol. The van der Waals surface area contributed by atoms with Crippen LogP contribution in [-0.2, 0) is 4.57 Å². The Morgan fingerprint density at radius 2 is 2.12 bits per heavy atom. The highest BCUT2D eigenvalue weighted by atomic mass is 31.2. The van der Waals surface area contributed by atoms with Crippen molar-refractivity contribution in [2.24, 2.45) is 0 Å². The van der Waals surface area contributed by atoms with Crippen molar-refractivity contribution in [1.29, 1.82) is 5.26 Å². The van der Waals surface area contributed by atoms with Crippen molar-refractivity contribution >= 4 is 7.60 Å². The SMILES string of the molecule is [CH2]C(C#N)P(=O)(O)O. The average molecular weight is 134 g/mol. The van der Waals surface area contributed by atoms with Gasteiger partial charge in [0.25, 0.3) is 0 Å². The molecule has 1 radical (unpaired) electrons. The molecular formula is C3H5NO3P. The molecule has 1 atom stereocenters. The van der Waals surface area contributed by atoms with Gasteiger partial charge in [-0.15, -0.1) is 0 Å². The first-order chi connectivity index (χ1) is 3.48. The molecule has 0 aliphatic rings. The maximum atomic E-state index is 9.97. The van der Waals surface area contributed by atoms with Crippen molar-refractivity contribution in [2.75, 3.05) is 0 Å². The first kappa shape index (κ1) is 7.64. The van der Waals surface area contributed by atoms with E-state index in [1.165, 1.54) is 6.07 Å². The normalized spacial score (nSPS) is 14.8. The van der Waals surface area contributed by atoms with Crippen LogP contribution >= 0.6 is 7.60 Å². The summed E-state index contributed by atoms with van der Waals surface area (Å²) in [6, 6.07) is 1.33. The summed E-state index contributed by atoms with van der Waals surface area (Å²) < 4.78 is 9.97. The Labute approximate surface area is 46.9 Å². The Morgan fingerprint density at radius 1 is 1.75 bits per heavy atom. The van der Waals surface area contributed by atoms with Gasteiger partial charge >= 0.3 is 7.60 Å². The van der Waals surface area contributed by atoms with Gasteiger partial charge in [-0.2, -0.15) is 5.26 Å². The summed E-state index contributed by atoms with van der Waals surface area (Å²) in [5.41, 5.74) is -1.43. The fourth-order valence-electron chi connectivity index (χ4n) is 0.0752. The zero-order valence-corrected chi connectivity index (χ0v) is 4.88. The van der Waals surface area contributed by atoms with Gasteiger partial charge in [0, 0.05) is 0 Å². The van der Waals surface area contributed by atoms with Crippen molar-refractivity contribution in [3.8, 4) is 6.07 Å². The lowest BCUT2D eigenvalue weighted by Gasteiger charge is -2.01. The molecule has 45 valence electrons. The van der Waals surface area contributed by atoms with Gasteiger partial charge in [-0.1, -0.05) is 0 Å². The van der Waals surface area contributed by atoms with Crippen LogP contribution in [0.4, 0.5) is 0 Å². The van der Waals surface area contributed by atoms with Gasteiger partial charge in [0.1, 0.15) is 5.66 Å². The fourth-order valence-corrected chi connectivity index (χ4v) is 0.226. The van der Waals surface area contributed by atoms with Gasteiger partial charge in [0.15, 0.2) is 0 Å². The van der Waals surface area contributed by atoms with Crippen molar-refractivity contribution in [3.05, 3.63) is 6.92 Å². The molecule has 0 saturated carbocycles. The van der Waals surface area contributed by atoms with Crippen LogP contribution < -0.4 is 0 Å². The summed E-state index contributed by atoms with van der Waals surface area (Å²) in [6.07, 6.45) is 0. The molecule has 1 unspecified atom stereocenters. The molecule has 0 aromatic heterocycles. The third-order valence-electron chi connectivity index (χ3n) is 0.555. The average Bonchev–Trinajstić information content (AvgIpc) is 1.62. The molecule has 0 rings (SSSR count). The second kappa shape index (κ2) is 2.27. The van der Waals surface area contributed by atoms with E-state index in [9.17, 15) is 4.57 Å². The van der Waals surface area contributed by atoms with Gasteiger partial charge in [-0.05, 0) is 6.92 Å². The lowest BCUT2D eigenvalue weighted by atomic mass is 10.5. The van der Waals surface area contributed by atoms with Crippen LogP contribution in [0.25, 0.3) is 0 Å². The Kier molecular flexibility index (Phi) is 2.17. The van der Waals surface area contributed by atoms with Gasteiger partial charge in [-0.3, -0.25) is 4.57 Å². The fraction of sp³-hybridized carbons (Fsp3) is 0.333. The molecule has 0 aliphatic heterocycles. The minimum absolute atomic E-state index is 1.33. The van der Waals surface area contributed by atoms with E-state index in [-0.39, 0.29) is 0 Å². The van der Waals surface area contributed by atoms with E-state index in [0.29, 0.717) is 0 Å². The summed E-state index contributed by atoms with van der Waals surface area (Å²) in [5.74, 6) is 0. The van der Waals surface area contributed by atoms with Crippen LogP contribution in [0.1, 0.15) is 0 Å². The summed E-state index contributed by atoms with van der Waals surface area (Å²) in [7, 11) is -4.23. The third-order valence-corrected chi connectivity index (χ3v) is 1.48. The zero-order valence-electron chi connectivity index (χ0n) is 3.98. The predicted octanol–water partition coefficient (Wildman–Crippen LogP) is -0.110. The monoisotopic (exact) mass is 134 g/mol. The highest BCUT2D eigenvalue weighted by molar-refractivity contribution is 7.53. The first-order valence-corrected chi connectivity index (χ1v) is 3.44. The highest BCUT2D eigenvalue weighted by Gasteiger charge is 2.22. The molecule has 0 fully saturated rings. The summed E-state index contributed by atoms with van der Waals surface area (Å²) in [4.78, 5) is 16.2. The van der Waals surface area contributed by atoms with E-state index in [4.69, 9.17) is 15.0 Å². The molecule has 4 nitrogen and oxygen atoms in total. The molecule has 8 heavy (non-hydrogen) atoms. The molecule has 0 amide bonds. The summed E-state index contributed by atoms with van der Waals surface area (Å²) in [5, 5.41) is 7.87. The molecule has 0 saturated heterocycles. The molecule has 0 aromatic carbocycles. The molecule has 5 heteroatoms. The van der Waals surface area contributed by atoms with E-state index < -0.39 is 13.3 Å². The maximum absolute atomic E-state index is 9.97. The Morgan fingerprint density at radius 3 is 2.12 bits per heavy atom.